The second-order valence-corrected chi connectivity index (χ2v) is 7.54. The molecule has 29 heavy (non-hydrogen) atoms. The molecule has 2 heterocycles. The summed E-state index contributed by atoms with van der Waals surface area (Å²) >= 11 is 0. The highest BCUT2D eigenvalue weighted by Gasteiger charge is 2.18. The summed E-state index contributed by atoms with van der Waals surface area (Å²) in [6.07, 6.45) is 9.05. The predicted octanol–water partition coefficient (Wildman–Crippen LogP) is 4.49. The first-order valence-electron chi connectivity index (χ1n) is 10.6. The fourth-order valence-corrected chi connectivity index (χ4v) is 3.07. The Balaban J connectivity index is 2.37. The van der Waals surface area contributed by atoms with Crippen LogP contribution in [0.4, 0.5) is 11.8 Å². The Morgan fingerprint density at radius 2 is 1.90 bits per heavy atom. The van der Waals surface area contributed by atoms with Crippen LogP contribution in [0.2, 0.25) is 0 Å². The van der Waals surface area contributed by atoms with E-state index in [-0.39, 0.29) is 6.04 Å². The molecule has 7 nitrogen and oxygen atoms in total. The van der Waals surface area contributed by atoms with Gasteiger partial charge in [-0.3, -0.25) is 0 Å². The van der Waals surface area contributed by atoms with E-state index in [0.717, 1.165) is 43.1 Å². The van der Waals surface area contributed by atoms with Gasteiger partial charge in [-0.15, -0.1) is 0 Å². The molecule has 2 aromatic rings. The molecular weight excluding hydrogens is 364 g/mol. The molecule has 0 aromatic carbocycles. The van der Waals surface area contributed by atoms with Crippen molar-refractivity contribution in [1.82, 2.24) is 19.9 Å². The third-order valence-electron chi connectivity index (χ3n) is 4.39. The number of imidazole rings is 1. The highest BCUT2D eigenvalue weighted by molar-refractivity contribution is 5.85. The third kappa shape index (κ3) is 6.85. The molecule has 2 N–H and O–H groups in total. The molecule has 0 amide bonds. The largest absolute Gasteiger partial charge is 0.384 e. The van der Waals surface area contributed by atoms with Crippen LogP contribution in [0.25, 0.3) is 11.2 Å². The van der Waals surface area contributed by atoms with E-state index < -0.39 is 0 Å². The number of aromatic nitrogens is 4. The quantitative estimate of drug-likeness (QED) is 0.511. The van der Waals surface area contributed by atoms with E-state index >= 15 is 0 Å². The van der Waals surface area contributed by atoms with Crippen LogP contribution in [0.3, 0.4) is 0 Å². The first-order valence-corrected chi connectivity index (χ1v) is 10.6. The van der Waals surface area contributed by atoms with Crippen LogP contribution in [0.5, 0.6) is 0 Å². The lowest BCUT2D eigenvalue weighted by Gasteiger charge is -2.23. The number of aromatic amines is 1. The number of nitrogens with zero attached hydrogens (tertiary/aromatic N) is 4. The number of rotatable bonds is 12. The van der Waals surface area contributed by atoms with Crippen LogP contribution >= 0.6 is 0 Å². The van der Waals surface area contributed by atoms with E-state index in [1.54, 1.807) is 7.11 Å². The lowest BCUT2D eigenvalue weighted by atomic mass is 10.2. The number of allylic oxidation sites excluding steroid dienone is 3. The zero-order valence-electron chi connectivity index (χ0n) is 18.7. The van der Waals surface area contributed by atoms with Gasteiger partial charge in [-0.25, -0.2) is 9.97 Å². The summed E-state index contributed by atoms with van der Waals surface area (Å²) in [4.78, 5) is 19.9. The van der Waals surface area contributed by atoms with Gasteiger partial charge in [-0.05, 0) is 33.6 Å². The Bertz CT molecular complexity index is 816. The molecule has 160 valence electrons. The topological polar surface area (TPSA) is 79.0 Å². The van der Waals surface area contributed by atoms with Crippen LogP contribution < -0.4 is 10.2 Å². The van der Waals surface area contributed by atoms with Crippen molar-refractivity contribution in [2.75, 3.05) is 37.0 Å². The van der Waals surface area contributed by atoms with Crippen molar-refractivity contribution in [1.29, 1.82) is 0 Å². The first kappa shape index (κ1) is 22.9. The zero-order valence-corrected chi connectivity index (χ0v) is 18.7. The maximum absolute atomic E-state index is 5.22. The average molecular weight is 401 g/mol. The Labute approximate surface area is 174 Å². The Morgan fingerprint density at radius 1 is 1.17 bits per heavy atom. The second kappa shape index (κ2) is 11.6. The number of fused-ring (bicyclic) bond motifs is 1. The van der Waals surface area contributed by atoms with Gasteiger partial charge >= 0.3 is 0 Å². The van der Waals surface area contributed by atoms with E-state index in [4.69, 9.17) is 14.7 Å². The molecule has 0 bridgehead atoms. The standard InChI is InChI=1S/C22H36N6O/c1-7-13-28(14-8-2)21-19-20(24-18(25-21)12-15-29-6)27-22(26-19)23-17(5)11-9-10-16(3)4/h9-11,17H,7-8,12-15H2,1-6H3,(H2,23,24,25,26,27)/b11-9-. The number of H-pyrrole nitrogens is 1. The first-order chi connectivity index (χ1) is 14.0. The van der Waals surface area contributed by atoms with Crippen molar-refractivity contribution >= 4 is 22.9 Å². The maximum atomic E-state index is 5.22. The summed E-state index contributed by atoms with van der Waals surface area (Å²) in [5.41, 5.74) is 2.85. The molecule has 0 aliphatic rings. The second-order valence-electron chi connectivity index (χ2n) is 7.54. The molecule has 0 aliphatic heterocycles. The zero-order chi connectivity index (χ0) is 21.2. The van der Waals surface area contributed by atoms with Crippen LogP contribution in [-0.4, -0.2) is 52.8 Å². The fraction of sp³-hybridized carbons (Fsp3) is 0.591. The van der Waals surface area contributed by atoms with Crippen molar-refractivity contribution in [3.05, 3.63) is 29.6 Å². The third-order valence-corrected chi connectivity index (χ3v) is 4.39. The smallest absolute Gasteiger partial charge is 0.203 e. The van der Waals surface area contributed by atoms with Gasteiger partial charge in [0, 0.05) is 32.7 Å². The minimum absolute atomic E-state index is 0.137. The summed E-state index contributed by atoms with van der Waals surface area (Å²) in [6, 6.07) is 0.137. The summed E-state index contributed by atoms with van der Waals surface area (Å²) in [7, 11) is 1.70. The van der Waals surface area contributed by atoms with E-state index in [2.05, 4.69) is 73.0 Å². The Kier molecular flexibility index (Phi) is 9.12. The number of anilines is 2. The SMILES string of the molecule is CCCN(CCC)c1nc(CCOC)nc2nc(NC(C)/C=C\C=C(C)C)[nH]c12. The van der Waals surface area contributed by atoms with Gasteiger partial charge in [-0.2, -0.15) is 4.98 Å². The lowest BCUT2D eigenvalue weighted by Crippen LogP contribution is -2.27. The summed E-state index contributed by atoms with van der Waals surface area (Å²) in [6.45, 7) is 13.1. The van der Waals surface area contributed by atoms with Gasteiger partial charge < -0.3 is 19.9 Å². The number of nitrogens with one attached hydrogen (secondary N) is 2. The van der Waals surface area contributed by atoms with Crippen LogP contribution in [0.1, 0.15) is 53.3 Å². The van der Waals surface area contributed by atoms with Crippen molar-refractivity contribution < 1.29 is 4.74 Å². The molecule has 0 aliphatic carbocycles. The van der Waals surface area contributed by atoms with E-state index in [1.807, 2.05) is 0 Å². The summed E-state index contributed by atoms with van der Waals surface area (Å²) in [5.74, 6) is 2.40. The number of hydrogen-bond donors (Lipinski definition) is 2. The van der Waals surface area contributed by atoms with Crippen molar-refractivity contribution in [2.24, 2.45) is 0 Å². The van der Waals surface area contributed by atoms with Gasteiger partial charge in [0.25, 0.3) is 0 Å². The molecule has 0 saturated carbocycles. The summed E-state index contributed by atoms with van der Waals surface area (Å²) < 4.78 is 5.22. The van der Waals surface area contributed by atoms with Crippen LogP contribution in [0.15, 0.2) is 23.8 Å². The maximum Gasteiger partial charge on any atom is 0.203 e. The molecule has 0 fully saturated rings. The Morgan fingerprint density at radius 3 is 2.52 bits per heavy atom. The highest BCUT2D eigenvalue weighted by Crippen LogP contribution is 2.25. The minimum Gasteiger partial charge on any atom is -0.384 e. The molecule has 0 spiro atoms. The van der Waals surface area contributed by atoms with Gasteiger partial charge in [0.2, 0.25) is 5.95 Å². The van der Waals surface area contributed by atoms with Gasteiger partial charge in [0.05, 0.1) is 6.61 Å². The van der Waals surface area contributed by atoms with Crippen molar-refractivity contribution in [3.63, 3.8) is 0 Å². The van der Waals surface area contributed by atoms with Gasteiger partial charge in [-0.1, -0.05) is 37.6 Å². The summed E-state index contributed by atoms with van der Waals surface area (Å²) in [5, 5.41) is 3.40. The van der Waals surface area contributed by atoms with E-state index in [9.17, 15) is 0 Å². The minimum atomic E-state index is 0.137. The number of methoxy groups -OCH3 is 1. The highest BCUT2D eigenvalue weighted by atomic mass is 16.5. The number of ether oxygens (including phenoxy) is 1. The monoisotopic (exact) mass is 400 g/mol. The molecule has 0 saturated heterocycles. The molecule has 0 radical (unpaired) electrons. The molecule has 1 unspecified atom stereocenters. The fourth-order valence-electron chi connectivity index (χ4n) is 3.07. The Hall–Kier alpha value is -2.41. The normalized spacial score (nSPS) is 12.5. The van der Waals surface area contributed by atoms with Crippen molar-refractivity contribution in [3.8, 4) is 0 Å². The van der Waals surface area contributed by atoms with Gasteiger partial charge in [0.1, 0.15) is 11.3 Å². The van der Waals surface area contributed by atoms with Crippen LogP contribution in [-0.2, 0) is 11.2 Å². The molecule has 1 atom stereocenters. The van der Waals surface area contributed by atoms with E-state index in [0.29, 0.717) is 24.6 Å². The van der Waals surface area contributed by atoms with E-state index in [1.165, 1.54) is 5.57 Å². The molecular formula is C22H36N6O. The lowest BCUT2D eigenvalue weighted by molar-refractivity contribution is 0.200. The number of hydrogen-bond acceptors (Lipinski definition) is 6. The molecule has 2 rings (SSSR count). The molecule has 2 aromatic heterocycles. The predicted molar refractivity (Wildman–Crippen MR) is 122 cm³/mol. The molecule has 7 heteroatoms. The van der Waals surface area contributed by atoms with Crippen LogP contribution in [0, 0.1) is 0 Å². The van der Waals surface area contributed by atoms with Crippen molar-refractivity contribution in [2.45, 2.75) is 59.9 Å². The van der Waals surface area contributed by atoms with Gasteiger partial charge in [0.15, 0.2) is 11.5 Å². The average Bonchev–Trinajstić information content (AvgIpc) is 3.07.